The first-order valence-corrected chi connectivity index (χ1v) is 9.45. The molecule has 3 rings (SSSR count). The van der Waals surface area contributed by atoms with Crippen LogP contribution in [0.1, 0.15) is 51.0 Å². The van der Waals surface area contributed by atoms with E-state index in [2.05, 4.69) is 13.0 Å². The molecule has 1 atom stereocenters. The molecule has 0 spiro atoms. The number of allylic oxidation sites excluding steroid dienone is 2. The third-order valence-electron chi connectivity index (χ3n) is 5.32. The fraction of sp³-hybridized carbons (Fsp3) is 0.391. The normalized spacial score (nSPS) is 17.1. The zero-order valence-electron chi connectivity index (χ0n) is 15.5. The van der Waals surface area contributed by atoms with Gasteiger partial charge in [-0.15, -0.1) is 0 Å². The predicted octanol–water partition coefficient (Wildman–Crippen LogP) is 7.01. The maximum atomic E-state index is 14.3. The lowest BCUT2D eigenvalue weighted by molar-refractivity contribution is 0.372. The third-order valence-corrected chi connectivity index (χ3v) is 5.32. The molecule has 1 nitrogen and oxygen atoms in total. The minimum Gasteiger partial charge on any atom is -0.494 e. The Labute approximate surface area is 154 Å². The zero-order chi connectivity index (χ0) is 18.5. The number of benzene rings is 2. The summed E-state index contributed by atoms with van der Waals surface area (Å²) in [6.07, 6.45) is 9.73. The minimum absolute atomic E-state index is 0.0761. The van der Waals surface area contributed by atoms with Crippen LogP contribution < -0.4 is 4.74 Å². The Morgan fingerprint density at radius 2 is 1.73 bits per heavy atom. The lowest BCUT2D eigenvalue weighted by atomic mass is 9.84. The summed E-state index contributed by atoms with van der Waals surface area (Å²) in [5, 5.41) is 0. The monoisotopic (exact) mass is 356 g/mol. The van der Waals surface area contributed by atoms with Crippen molar-refractivity contribution in [3.63, 3.8) is 0 Å². The molecule has 0 saturated carbocycles. The van der Waals surface area contributed by atoms with Gasteiger partial charge in [-0.2, -0.15) is 4.39 Å². The summed E-state index contributed by atoms with van der Waals surface area (Å²) >= 11 is 0. The van der Waals surface area contributed by atoms with Crippen LogP contribution in [-0.4, -0.2) is 7.11 Å². The molecule has 26 heavy (non-hydrogen) atoms. The van der Waals surface area contributed by atoms with Crippen molar-refractivity contribution in [1.82, 2.24) is 0 Å². The number of halogens is 2. The second-order valence-corrected chi connectivity index (χ2v) is 7.03. The summed E-state index contributed by atoms with van der Waals surface area (Å²) in [7, 11) is 1.33. The van der Waals surface area contributed by atoms with E-state index >= 15 is 0 Å². The van der Waals surface area contributed by atoms with E-state index in [4.69, 9.17) is 4.74 Å². The van der Waals surface area contributed by atoms with Crippen molar-refractivity contribution in [1.29, 1.82) is 0 Å². The molecule has 2 aromatic carbocycles. The summed E-state index contributed by atoms with van der Waals surface area (Å²) in [6, 6.07) is 10.8. The molecule has 0 heterocycles. The van der Waals surface area contributed by atoms with Crippen molar-refractivity contribution < 1.29 is 13.5 Å². The highest BCUT2D eigenvalue weighted by Gasteiger charge is 2.17. The van der Waals surface area contributed by atoms with Crippen LogP contribution in [0.3, 0.4) is 0 Å². The molecular weight excluding hydrogens is 330 g/mol. The Bertz CT molecular complexity index is 778. The lowest BCUT2D eigenvalue weighted by Crippen LogP contribution is -2.05. The van der Waals surface area contributed by atoms with Gasteiger partial charge >= 0.3 is 0 Å². The van der Waals surface area contributed by atoms with Gasteiger partial charge in [-0.05, 0) is 54.0 Å². The number of rotatable bonds is 6. The highest BCUT2D eigenvalue weighted by molar-refractivity contribution is 5.71. The second-order valence-electron chi connectivity index (χ2n) is 7.03. The van der Waals surface area contributed by atoms with Gasteiger partial charge in [0, 0.05) is 5.56 Å². The molecule has 0 N–H and O–H groups in total. The van der Waals surface area contributed by atoms with Gasteiger partial charge in [-0.1, -0.05) is 56.5 Å². The fourth-order valence-corrected chi connectivity index (χ4v) is 3.68. The van der Waals surface area contributed by atoms with Crippen molar-refractivity contribution in [2.45, 2.75) is 45.4 Å². The minimum atomic E-state index is -0.942. The molecule has 0 fully saturated rings. The average Bonchev–Trinajstić information content (AvgIpc) is 2.69. The van der Waals surface area contributed by atoms with Crippen LogP contribution in [0.4, 0.5) is 8.78 Å². The molecule has 1 aliphatic carbocycles. The molecule has 1 aliphatic rings. The first kappa shape index (κ1) is 18.6. The quantitative estimate of drug-likeness (QED) is 0.540. The lowest BCUT2D eigenvalue weighted by Gasteiger charge is -2.22. The second kappa shape index (κ2) is 8.48. The molecule has 0 bridgehead atoms. The molecule has 3 heteroatoms. The Hall–Kier alpha value is -2.16. The molecule has 0 aromatic heterocycles. The van der Waals surface area contributed by atoms with Crippen LogP contribution in [0.25, 0.3) is 16.7 Å². The highest BCUT2D eigenvalue weighted by Crippen LogP contribution is 2.34. The van der Waals surface area contributed by atoms with Gasteiger partial charge in [-0.25, -0.2) is 4.39 Å². The summed E-state index contributed by atoms with van der Waals surface area (Å²) in [6.45, 7) is 2.24. The molecule has 0 amide bonds. The summed E-state index contributed by atoms with van der Waals surface area (Å²) < 4.78 is 33.0. The van der Waals surface area contributed by atoms with Crippen LogP contribution in [-0.2, 0) is 0 Å². The van der Waals surface area contributed by atoms with E-state index in [-0.39, 0.29) is 11.3 Å². The Kier molecular flexibility index (Phi) is 6.08. The van der Waals surface area contributed by atoms with Gasteiger partial charge < -0.3 is 4.74 Å². The third kappa shape index (κ3) is 3.98. The Morgan fingerprint density at radius 1 is 1.00 bits per heavy atom. The summed E-state index contributed by atoms with van der Waals surface area (Å²) in [5.74, 6) is -1.07. The Morgan fingerprint density at radius 3 is 2.35 bits per heavy atom. The highest BCUT2D eigenvalue weighted by atomic mass is 19.2. The van der Waals surface area contributed by atoms with Gasteiger partial charge in [0.15, 0.2) is 11.6 Å². The van der Waals surface area contributed by atoms with Crippen LogP contribution in [0.15, 0.2) is 42.5 Å². The van der Waals surface area contributed by atoms with Crippen molar-refractivity contribution in [3.8, 4) is 16.9 Å². The molecule has 0 radical (unpaired) electrons. The van der Waals surface area contributed by atoms with E-state index in [1.807, 2.05) is 24.3 Å². The van der Waals surface area contributed by atoms with Crippen LogP contribution in [0.2, 0.25) is 0 Å². The number of methoxy groups -OCH3 is 1. The van der Waals surface area contributed by atoms with E-state index in [0.717, 1.165) is 18.8 Å². The van der Waals surface area contributed by atoms with Crippen LogP contribution >= 0.6 is 0 Å². The molecule has 1 unspecified atom stereocenters. The number of hydrogen-bond acceptors (Lipinski definition) is 1. The smallest absolute Gasteiger partial charge is 0.201 e. The van der Waals surface area contributed by atoms with Crippen LogP contribution in [0.5, 0.6) is 5.75 Å². The van der Waals surface area contributed by atoms with E-state index in [9.17, 15) is 8.78 Å². The van der Waals surface area contributed by atoms with Crippen molar-refractivity contribution in [2.24, 2.45) is 5.92 Å². The van der Waals surface area contributed by atoms with E-state index in [0.29, 0.717) is 5.56 Å². The van der Waals surface area contributed by atoms with Crippen molar-refractivity contribution in [2.75, 3.05) is 7.11 Å². The number of ether oxygens (including phenoxy) is 1. The molecule has 0 aliphatic heterocycles. The summed E-state index contributed by atoms with van der Waals surface area (Å²) in [4.78, 5) is 0. The van der Waals surface area contributed by atoms with Gasteiger partial charge in [0.25, 0.3) is 0 Å². The summed E-state index contributed by atoms with van der Waals surface area (Å²) in [5.41, 5.74) is 3.47. The standard InChI is InChI=1S/C23H26F2O/c1-3-4-5-16-6-8-17(9-7-16)18-10-12-19(13-11-18)20-14-15-21(26-2)23(25)22(20)24/h8,10-16H,3-7,9H2,1-2H3. The van der Waals surface area contributed by atoms with Gasteiger partial charge in [0.1, 0.15) is 0 Å². The maximum Gasteiger partial charge on any atom is 0.201 e. The molecule has 0 saturated heterocycles. The zero-order valence-corrected chi connectivity index (χ0v) is 15.5. The van der Waals surface area contributed by atoms with E-state index in [1.165, 1.54) is 50.0 Å². The van der Waals surface area contributed by atoms with Gasteiger partial charge in [-0.3, -0.25) is 0 Å². The molecule has 2 aromatic rings. The van der Waals surface area contributed by atoms with Crippen molar-refractivity contribution >= 4 is 5.57 Å². The van der Waals surface area contributed by atoms with Crippen molar-refractivity contribution in [3.05, 3.63) is 59.7 Å². The first-order valence-electron chi connectivity index (χ1n) is 9.45. The topological polar surface area (TPSA) is 9.23 Å². The SMILES string of the molecule is CCCCC1CC=C(c2ccc(-c3ccc(OC)c(F)c3F)cc2)CC1. The molecule has 138 valence electrons. The Balaban J connectivity index is 1.76. The molecular formula is C23H26F2O. The first-order chi connectivity index (χ1) is 12.6. The van der Waals surface area contributed by atoms with Gasteiger partial charge in [0.05, 0.1) is 7.11 Å². The maximum absolute atomic E-state index is 14.3. The van der Waals surface area contributed by atoms with Crippen LogP contribution in [0, 0.1) is 17.6 Å². The largest absolute Gasteiger partial charge is 0.494 e. The van der Waals surface area contributed by atoms with E-state index < -0.39 is 11.6 Å². The fourth-order valence-electron chi connectivity index (χ4n) is 3.68. The van der Waals surface area contributed by atoms with E-state index in [1.54, 1.807) is 6.07 Å². The average molecular weight is 356 g/mol. The predicted molar refractivity (Wildman–Crippen MR) is 103 cm³/mol. The number of hydrogen-bond donors (Lipinski definition) is 0. The van der Waals surface area contributed by atoms with Gasteiger partial charge in [0.2, 0.25) is 5.82 Å². The number of unbranched alkanes of at least 4 members (excludes halogenated alkanes) is 1.